The van der Waals surface area contributed by atoms with Gasteiger partial charge in [-0.05, 0) is 90.3 Å². The summed E-state index contributed by atoms with van der Waals surface area (Å²) in [7, 11) is 0. The minimum Gasteiger partial charge on any atom is -0.488 e. The molecule has 0 N–H and O–H groups in total. The van der Waals surface area contributed by atoms with Crippen LogP contribution in [0.15, 0.2) is 50.3 Å². The Morgan fingerprint density at radius 2 is 1.76 bits per heavy atom. The third kappa shape index (κ3) is 6.20. The predicted molar refractivity (Wildman–Crippen MR) is 102 cm³/mol. The van der Waals surface area contributed by atoms with E-state index < -0.39 is 11.7 Å². The van der Waals surface area contributed by atoms with E-state index >= 15 is 0 Å². The van der Waals surface area contributed by atoms with E-state index in [1.54, 1.807) is 24.3 Å². The highest BCUT2D eigenvalue weighted by atomic mass is 79.9. The van der Waals surface area contributed by atoms with Gasteiger partial charge in [-0.15, -0.1) is 0 Å². The highest BCUT2D eigenvalue weighted by Gasteiger charge is 2.31. The fourth-order valence-corrected chi connectivity index (χ4v) is 2.70. The Labute approximate surface area is 172 Å². The lowest BCUT2D eigenvalue weighted by Crippen LogP contribution is -2.04. The minimum atomic E-state index is -4.46. The fraction of sp³-hybridized carbons (Fsp3) is 0.125. The molecule has 2 aromatic carbocycles. The van der Waals surface area contributed by atoms with E-state index in [0.717, 1.165) is 15.5 Å². The Morgan fingerprint density at radius 1 is 1.08 bits per heavy atom. The van der Waals surface area contributed by atoms with E-state index in [1.807, 2.05) is 0 Å². The first-order chi connectivity index (χ1) is 11.7. The molecule has 0 aliphatic rings. The van der Waals surface area contributed by atoms with Gasteiger partial charge in [0.05, 0.1) is 18.5 Å². The maximum Gasteiger partial charge on any atom is 0.416 e. The molecule has 0 spiro atoms. The van der Waals surface area contributed by atoms with Crippen molar-refractivity contribution in [3.8, 4) is 17.2 Å². The molecule has 9 heteroatoms. The molecule has 0 atom stereocenters. The topological polar surface area (TPSA) is 18.5 Å². The van der Waals surface area contributed by atoms with Crippen LogP contribution in [0.1, 0.15) is 5.56 Å². The lowest BCUT2D eigenvalue weighted by Gasteiger charge is -2.12. The Balaban J connectivity index is 2.13. The predicted octanol–water partition coefficient (Wildman–Crippen LogP) is 7.92. The molecule has 0 bridgehead atoms. The standard InChI is InChI=1S/C16H9Br3ClF3O2/c17-11-8-10(2-4-13(11)24-6-5-15(18)19)25-14-3-1-9(7-12(14)20)16(21,22)23/h1-5,7-8H,6H2. The normalized spacial score (nSPS) is 11.2. The van der Waals surface area contributed by atoms with E-state index in [9.17, 15) is 13.2 Å². The van der Waals surface area contributed by atoms with Crippen LogP contribution in [-0.2, 0) is 6.18 Å². The zero-order valence-corrected chi connectivity index (χ0v) is 17.7. The van der Waals surface area contributed by atoms with Crippen LogP contribution in [-0.4, -0.2) is 6.61 Å². The Kier molecular flexibility index (Phi) is 7.25. The highest BCUT2D eigenvalue weighted by molar-refractivity contribution is 9.28. The van der Waals surface area contributed by atoms with Crippen molar-refractivity contribution in [2.75, 3.05) is 6.61 Å². The molecule has 0 aliphatic heterocycles. The molecule has 0 saturated carbocycles. The van der Waals surface area contributed by atoms with Gasteiger partial charge in [0.15, 0.2) is 0 Å². The fourth-order valence-electron chi connectivity index (χ4n) is 1.74. The zero-order chi connectivity index (χ0) is 18.6. The van der Waals surface area contributed by atoms with Gasteiger partial charge in [-0.3, -0.25) is 0 Å². The van der Waals surface area contributed by atoms with Crippen LogP contribution in [0.5, 0.6) is 17.2 Å². The smallest absolute Gasteiger partial charge is 0.416 e. The van der Waals surface area contributed by atoms with Crippen molar-refractivity contribution in [3.05, 3.63) is 60.9 Å². The molecule has 0 heterocycles. The average Bonchev–Trinajstić information content (AvgIpc) is 2.50. The van der Waals surface area contributed by atoms with Crippen LogP contribution in [0.25, 0.3) is 0 Å². The van der Waals surface area contributed by atoms with Crippen molar-refractivity contribution in [2.45, 2.75) is 6.18 Å². The molecule has 0 amide bonds. The van der Waals surface area contributed by atoms with E-state index in [0.29, 0.717) is 22.6 Å². The summed E-state index contributed by atoms with van der Waals surface area (Å²) in [5, 5.41) is -0.126. The third-order valence-electron chi connectivity index (χ3n) is 2.87. The molecule has 134 valence electrons. The molecule has 0 aromatic heterocycles. The summed E-state index contributed by atoms with van der Waals surface area (Å²) in [5.74, 6) is 1.11. The summed E-state index contributed by atoms with van der Waals surface area (Å²) in [6.07, 6.45) is -2.68. The van der Waals surface area contributed by atoms with E-state index in [4.69, 9.17) is 21.1 Å². The van der Waals surface area contributed by atoms with Crippen molar-refractivity contribution >= 4 is 59.4 Å². The molecule has 2 aromatic rings. The number of hydrogen-bond donors (Lipinski definition) is 0. The summed E-state index contributed by atoms with van der Waals surface area (Å²) < 4.78 is 50.4. The summed E-state index contributed by atoms with van der Waals surface area (Å²) in [4.78, 5) is 0. The van der Waals surface area contributed by atoms with Gasteiger partial charge in [0, 0.05) is 0 Å². The van der Waals surface area contributed by atoms with Gasteiger partial charge >= 0.3 is 6.18 Å². The lowest BCUT2D eigenvalue weighted by molar-refractivity contribution is -0.137. The monoisotopic (exact) mass is 562 g/mol. The highest BCUT2D eigenvalue weighted by Crippen LogP contribution is 2.38. The first-order valence-electron chi connectivity index (χ1n) is 6.65. The first-order valence-corrected chi connectivity index (χ1v) is 9.40. The van der Waals surface area contributed by atoms with Crippen molar-refractivity contribution in [1.82, 2.24) is 0 Å². The van der Waals surface area contributed by atoms with E-state index in [1.165, 1.54) is 6.07 Å². The number of ether oxygens (including phenoxy) is 2. The quantitative estimate of drug-likeness (QED) is 0.367. The molecule has 0 saturated heterocycles. The summed E-state index contributed by atoms with van der Waals surface area (Å²) >= 11 is 15.7. The molecule has 0 fully saturated rings. The van der Waals surface area contributed by atoms with Crippen LogP contribution in [0.4, 0.5) is 13.2 Å². The van der Waals surface area contributed by atoms with Crippen molar-refractivity contribution in [1.29, 1.82) is 0 Å². The van der Waals surface area contributed by atoms with Gasteiger partial charge in [0.1, 0.15) is 23.9 Å². The average molecular weight is 565 g/mol. The van der Waals surface area contributed by atoms with Crippen molar-refractivity contribution in [3.63, 3.8) is 0 Å². The maximum absolute atomic E-state index is 12.6. The molecule has 0 unspecified atom stereocenters. The first kappa shape index (κ1) is 20.6. The van der Waals surface area contributed by atoms with Crippen LogP contribution in [0.2, 0.25) is 5.02 Å². The summed E-state index contributed by atoms with van der Waals surface area (Å²) in [6.45, 7) is 0.343. The summed E-state index contributed by atoms with van der Waals surface area (Å²) in [5.41, 5.74) is -0.833. The lowest BCUT2D eigenvalue weighted by atomic mass is 10.2. The van der Waals surface area contributed by atoms with Gasteiger partial charge in [-0.2, -0.15) is 13.2 Å². The molecular formula is C16H9Br3ClF3O2. The van der Waals surface area contributed by atoms with Crippen LogP contribution < -0.4 is 9.47 Å². The SMILES string of the molecule is FC(F)(F)c1ccc(Oc2ccc(OCC=C(Br)Br)c(Br)c2)c(Cl)c1. The zero-order valence-electron chi connectivity index (χ0n) is 12.2. The van der Waals surface area contributed by atoms with Gasteiger partial charge in [0.25, 0.3) is 0 Å². The molecule has 25 heavy (non-hydrogen) atoms. The second kappa shape index (κ2) is 8.79. The number of benzene rings is 2. The number of hydrogen-bond acceptors (Lipinski definition) is 2. The molecule has 0 aliphatic carbocycles. The van der Waals surface area contributed by atoms with E-state index in [-0.39, 0.29) is 10.8 Å². The van der Waals surface area contributed by atoms with Crippen molar-refractivity contribution in [2.24, 2.45) is 0 Å². The van der Waals surface area contributed by atoms with Crippen LogP contribution in [0, 0.1) is 0 Å². The van der Waals surface area contributed by atoms with E-state index in [2.05, 4.69) is 47.8 Å². The van der Waals surface area contributed by atoms with Gasteiger partial charge < -0.3 is 9.47 Å². The molecule has 0 radical (unpaired) electrons. The second-order valence-electron chi connectivity index (χ2n) is 4.64. The Morgan fingerprint density at radius 3 is 2.32 bits per heavy atom. The van der Waals surface area contributed by atoms with Crippen LogP contribution in [0.3, 0.4) is 0 Å². The van der Waals surface area contributed by atoms with Gasteiger partial charge in [0.2, 0.25) is 0 Å². The second-order valence-corrected chi connectivity index (χ2v) is 8.68. The number of alkyl halides is 3. The summed E-state index contributed by atoms with van der Waals surface area (Å²) in [6, 6.07) is 7.86. The Bertz CT molecular complexity index is 791. The Hall–Kier alpha value is -0.700. The minimum absolute atomic E-state index is 0.126. The number of halogens is 7. The van der Waals surface area contributed by atoms with Gasteiger partial charge in [-0.1, -0.05) is 11.6 Å². The van der Waals surface area contributed by atoms with Gasteiger partial charge in [-0.25, -0.2) is 0 Å². The molecule has 2 nitrogen and oxygen atoms in total. The van der Waals surface area contributed by atoms with Crippen molar-refractivity contribution < 1.29 is 22.6 Å². The third-order valence-corrected chi connectivity index (χ3v) is 4.43. The number of rotatable bonds is 5. The molecule has 2 rings (SSSR count). The maximum atomic E-state index is 12.6. The molecular weight excluding hydrogens is 556 g/mol. The van der Waals surface area contributed by atoms with Crippen LogP contribution >= 0.6 is 59.4 Å². The largest absolute Gasteiger partial charge is 0.488 e.